The Hall–Kier alpha value is -0.860. The van der Waals surface area contributed by atoms with E-state index in [4.69, 9.17) is 5.84 Å². The molecule has 0 heterocycles. The average molecular weight is 260 g/mol. The molecular formula is C17H28N2. The van der Waals surface area contributed by atoms with E-state index >= 15 is 0 Å². The van der Waals surface area contributed by atoms with Gasteiger partial charge in [0.2, 0.25) is 0 Å². The van der Waals surface area contributed by atoms with Crippen LogP contribution < -0.4 is 11.3 Å². The molecule has 0 aromatic heterocycles. The van der Waals surface area contributed by atoms with E-state index in [2.05, 4.69) is 49.6 Å². The van der Waals surface area contributed by atoms with Gasteiger partial charge in [-0.15, -0.1) is 0 Å². The fourth-order valence-electron chi connectivity index (χ4n) is 4.05. The lowest BCUT2D eigenvalue weighted by molar-refractivity contribution is 0.218. The third kappa shape index (κ3) is 2.85. The molecule has 1 aromatic carbocycles. The Bertz CT molecular complexity index is 368. The maximum atomic E-state index is 5.96. The van der Waals surface area contributed by atoms with Gasteiger partial charge in [0.25, 0.3) is 0 Å². The summed E-state index contributed by atoms with van der Waals surface area (Å²) in [4.78, 5) is 0. The number of nitrogens with one attached hydrogen (secondary N) is 1. The summed E-state index contributed by atoms with van der Waals surface area (Å²) in [7, 11) is 0. The number of hydrazine groups is 1. The maximum absolute atomic E-state index is 5.96. The summed E-state index contributed by atoms with van der Waals surface area (Å²) in [6, 6.07) is 11.4. The molecule has 2 atom stereocenters. The lowest BCUT2D eigenvalue weighted by atomic mass is 9.68. The summed E-state index contributed by atoms with van der Waals surface area (Å²) in [6.45, 7) is 4.60. The Kier molecular flexibility index (Phi) is 5.00. The Balaban J connectivity index is 2.32. The zero-order valence-electron chi connectivity index (χ0n) is 12.4. The van der Waals surface area contributed by atoms with Crippen LogP contribution in [0.3, 0.4) is 0 Å². The number of benzene rings is 1. The second kappa shape index (κ2) is 6.53. The third-order valence-electron chi connectivity index (χ3n) is 4.93. The van der Waals surface area contributed by atoms with Crippen molar-refractivity contribution in [3.63, 3.8) is 0 Å². The molecule has 0 spiro atoms. The van der Waals surface area contributed by atoms with Crippen LogP contribution in [0.4, 0.5) is 0 Å². The van der Waals surface area contributed by atoms with Crippen molar-refractivity contribution in [2.75, 3.05) is 0 Å². The first-order valence-electron chi connectivity index (χ1n) is 7.76. The van der Waals surface area contributed by atoms with Gasteiger partial charge in [0.15, 0.2) is 0 Å². The predicted octanol–water partition coefficient (Wildman–Crippen LogP) is 3.77. The van der Waals surface area contributed by atoms with E-state index in [9.17, 15) is 0 Å². The van der Waals surface area contributed by atoms with Crippen LogP contribution in [0, 0.1) is 5.92 Å². The summed E-state index contributed by atoms with van der Waals surface area (Å²) >= 11 is 0. The molecule has 0 bridgehead atoms. The molecule has 1 aliphatic carbocycles. The van der Waals surface area contributed by atoms with E-state index in [0.717, 1.165) is 0 Å². The van der Waals surface area contributed by atoms with Gasteiger partial charge in [0.1, 0.15) is 0 Å². The van der Waals surface area contributed by atoms with E-state index < -0.39 is 0 Å². The standard InChI is InChI=1S/C17H28N2/c1-3-9-14(2)16(19-18)17(12-7-8-13-17)15-10-5-4-6-11-15/h4-6,10-11,14,16,19H,3,7-9,12-13,18H2,1-2H3. The zero-order valence-corrected chi connectivity index (χ0v) is 12.4. The highest BCUT2D eigenvalue weighted by Crippen LogP contribution is 2.46. The van der Waals surface area contributed by atoms with E-state index in [0.29, 0.717) is 12.0 Å². The van der Waals surface area contributed by atoms with Gasteiger partial charge >= 0.3 is 0 Å². The number of rotatable bonds is 6. The molecule has 106 valence electrons. The van der Waals surface area contributed by atoms with Crippen molar-refractivity contribution in [2.24, 2.45) is 11.8 Å². The lowest BCUT2D eigenvalue weighted by Gasteiger charge is -2.41. The minimum Gasteiger partial charge on any atom is -0.271 e. The van der Waals surface area contributed by atoms with E-state index in [1.54, 1.807) is 0 Å². The van der Waals surface area contributed by atoms with Gasteiger partial charge in [-0.25, -0.2) is 0 Å². The molecule has 1 aromatic rings. The average Bonchev–Trinajstić information content (AvgIpc) is 2.91. The number of hydrogen-bond acceptors (Lipinski definition) is 2. The van der Waals surface area contributed by atoms with Gasteiger partial charge in [-0.3, -0.25) is 11.3 Å². The smallest absolute Gasteiger partial charge is 0.0332 e. The molecule has 0 amide bonds. The predicted molar refractivity (Wildman–Crippen MR) is 81.8 cm³/mol. The summed E-state index contributed by atoms with van der Waals surface area (Å²) in [5.41, 5.74) is 4.88. The van der Waals surface area contributed by atoms with Crippen LogP contribution in [0.25, 0.3) is 0 Å². The third-order valence-corrected chi connectivity index (χ3v) is 4.93. The first-order chi connectivity index (χ1) is 9.24. The van der Waals surface area contributed by atoms with Crippen LogP contribution in [-0.4, -0.2) is 6.04 Å². The molecule has 2 rings (SSSR count). The second-order valence-electron chi connectivity index (χ2n) is 6.14. The van der Waals surface area contributed by atoms with Crippen molar-refractivity contribution in [2.45, 2.75) is 63.8 Å². The highest BCUT2D eigenvalue weighted by Gasteiger charge is 2.44. The number of nitrogens with two attached hydrogens (primary N) is 1. The van der Waals surface area contributed by atoms with Crippen molar-refractivity contribution >= 4 is 0 Å². The summed E-state index contributed by atoms with van der Waals surface area (Å²) in [6.07, 6.45) is 7.64. The zero-order chi connectivity index (χ0) is 13.7. The molecule has 0 saturated heterocycles. The largest absolute Gasteiger partial charge is 0.271 e. The Morgan fingerprint density at radius 2 is 1.84 bits per heavy atom. The Morgan fingerprint density at radius 1 is 1.21 bits per heavy atom. The Morgan fingerprint density at radius 3 is 2.37 bits per heavy atom. The van der Waals surface area contributed by atoms with Gasteiger partial charge in [-0.05, 0) is 30.7 Å². The van der Waals surface area contributed by atoms with Gasteiger partial charge in [0, 0.05) is 11.5 Å². The van der Waals surface area contributed by atoms with Gasteiger partial charge in [0.05, 0.1) is 0 Å². The van der Waals surface area contributed by atoms with E-state index in [1.165, 1.54) is 44.1 Å². The van der Waals surface area contributed by atoms with Crippen LogP contribution in [0.15, 0.2) is 30.3 Å². The minimum absolute atomic E-state index is 0.241. The molecule has 0 aliphatic heterocycles. The molecule has 1 fully saturated rings. The number of hydrogen-bond donors (Lipinski definition) is 2. The fourth-order valence-corrected chi connectivity index (χ4v) is 4.05. The van der Waals surface area contributed by atoms with Crippen LogP contribution in [0.5, 0.6) is 0 Å². The Labute approximate surface area is 117 Å². The first kappa shape index (κ1) is 14.5. The van der Waals surface area contributed by atoms with Crippen LogP contribution in [0.2, 0.25) is 0 Å². The van der Waals surface area contributed by atoms with Crippen molar-refractivity contribution in [1.29, 1.82) is 0 Å². The molecule has 2 heteroatoms. The molecule has 1 aliphatic rings. The van der Waals surface area contributed by atoms with Crippen molar-refractivity contribution in [1.82, 2.24) is 5.43 Å². The molecule has 2 nitrogen and oxygen atoms in total. The highest BCUT2D eigenvalue weighted by atomic mass is 15.2. The summed E-state index contributed by atoms with van der Waals surface area (Å²) < 4.78 is 0. The van der Waals surface area contributed by atoms with E-state index in [1.807, 2.05) is 0 Å². The molecule has 2 unspecified atom stereocenters. The summed E-state index contributed by atoms with van der Waals surface area (Å²) in [5.74, 6) is 6.58. The molecule has 19 heavy (non-hydrogen) atoms. The van der Waals surface area contributed by atoms with Gasteiger partial charge in [-0.2, -0.15) is 0 Å². The summed E-state index contributed by atoms with van der Waals surface area (Å²) in [5, 5.41) is 0. The van der Waals surface area contributed by atoms with Crippen LogP contribution in [0.1, 0.15) is 57.9 Å². The molecule has 0 radical (unpaired) electrons. The minimum atomic E-state index is 0.241. The fraction of sp³-hybridized carbons (Fsp3) is 0.647. The van der Waals surface area contributed by atoms with Gasteiger partial charge in [-0.1, -0.05) is 63.4 Å². The first-order valence-corrected chi connectivity index (χ1v) is 7.76. The van der Waals surface area contributed by atoms with Crippen LogP contribution >= 0.6 is 0 Å². The topological polar surface area (TPSA) is 38.0 Å². The highest BCUT2D eigenvalue weighted by molar-refractivity contribution is 5.29. The van der Waals surface area contributed by atoms with Crippen molar-refractivity contribution in [3.8, 4) is 0 Å². The molecule has 1 saturated carbocycles. The van der Waals surface area contributed by atoms with Crippen molar-refractivity contribution < 1.29 is 0 Å². The molecule has 3 N–H and O–H groups in total. The van der Waals surface area contributed by atoms with Crippen LogP contribution in [-0.2, 0) is 5.41 Å². The second-order valence-corrected chi connectivity index (χ2v) is 6.14. The monoisotopic (exact) mass is 260 g/mol. The molecular weight excluding hydrogens is 232 g/mol. The maximum Gasteiger partial charge on any atom is 0.0332 e. The van der Waals surface area contributed by atoms with Gasteiger partial charge < -0.3 is 0 Å². The van der Waals surface area contributed by atoms with E-state index in [-0.39, 0.29) is 5.41 Å². The SMILES string of the molecule is CCCC(C)C(NN)C1(c2ccccc2)CCCC1. The van der Waals surface area contributed by atoms with Crippen molar-refractivity contribution in [3.05, 3.63) is 35.9 Å². The quantitative estimate of drug-likeness (QED) is 0.603. The normalized spacial score (nSPS) is 21.2. The lowest BCUT2D eigenvalue weighted by Crippen LogP contribution is -2.53.